The molecule has 0 radical (unpaired) electrons. The molecule has 512 valence electrons. The van der Waals surface area contributed by atoms with Crippen LogP contribution in [0.5, 0.6) is 0 Å². The summed E-state index contributed by atoms with van der Waals surface area (Å²) in [5, 5.41) is 9.75. The zero-order chi connectivity index (χ0) is 63.3. The molecule has 0 heterocycles. The molecule has 1 N–H and O–H groups in total. The van der Waals surface area contributed by atoms with E-state index in [1.807, 2.05) is 21.1 Å². The summed E-state index contributed by atoms with van der Waals surface area (Å²) in [6.45, 7) is 4.93. The first-order valence-electron chi connectivity index (χ1n) is 38.2. The highest BCUT2D eigenvalue weighted by Crippen LogP contribution is 2.19. The number of unbranched alkanes of at least 4 members (excludes halogenated alkanes) is 51. The van der Waals surface area contributed by atoms with E-state index >= 15 is 0 Å². The minimum atomic E-state index is -1.51. The molecule has 0 aliphatic rings. The van der Waals surface area contributed by atoms with Crippen LogP contribution in [0.3, 0.4) is 0 Å². The quantitative estimate of drug-likeness (QED) is 0.0211. The van der Waals surface area contributed by atoms with Gasteiger partial charge in [-0.3, -0.25) is 9.59 Å². The van der Waals surface area contributed by atoms with Crippen LogP contribution in [0.4, 0.5) is 0 Å². The average Bonchev–Trinajstić information content (AvgIpc) is 3.50. The number of aliphatic carboxylic acids is 1. The van der Waals surface area contributed by atoms with Crippen molar-refractivity contribution >= 4 is 17.9 Å². The van der Waals surface area contributed by atoms with Crippen LogP contribution < -0.4 is 0 Å². The van der Waals surface area contributed by atoms with Gasteiger partial charge in [-0.25, -0.2) is 4.79 Å². The van der Waals surface area contributed by atoms with Crippen LogP contribution in [-0.2, 0) is 33.3 Å². The molecule has 0 aromatic carbocycles. The van der Waals surface area contributed by atoms with E-state index < -0.39 is 18.4 Å². The highest BCUT2D eigenvalue weighted by molar-refractivity contribution is 5.71. The van der Waals surface area contributed by atoms with Crippen molar-refractivity contribution < 1.29 is 42.9 Å². The number of carbonyl (C=O) groups excluding carboxylic acids is 2. The maximum absolute atomic E-state index is 12.9. The summed E-state index contributed by atoms with van der Waals surface area (Å²) in [4.78, 5) is 37.6. The highest BCUT2D eigenvalue weighted by Gasteiger charge is 2.25. The largest absolute Gasteiger partial charge is 0.477 e. The van der Waals surface area contributed by atoms with Gasteiger partial charge in [-0.15, -0.1) is 0 Å². The standard InChI is InChI=1S/C78H147NO8/c1-6-8-10-12-14-16-18-20-22-24-26-28-30-31-32-33-34-35-36-37-38-39-40-41-42-43-44-45-47-48-50-52-54-56-58-60-62-64-66-68-75(80)85-72-74(73-86-78(77(82)83)84-71-70-79(3,4)5)87-76(81)69-67-65-63-61-59-57-55-53-51-49-46-29-27-25-23-21-19-17-15-13-11-9-7-2/h19,21,24-27,74,78H,6-18,20,22-23,28-73H2,1-5H3/p+1/b21-19-,26-24-,27-25-. The molecule has 2 atom stereocenters. The van der Waals surface area contributed by atoms with Crippen LogP contribution in [-0.4, -0.2) is 87.4 Å². The van der Waals surface area contributed by atoms with Gasteiger partial charge in [-0.05, 0) is 70.6 Å². The maximum atomic E-state index is 12.9. The van der Waals surface area contributed by atoms with Crippen molar-refractivity contribution in [2.75, 3.05) is 47.5 Å². The van der Waals surface area contributed by atoms with E-state index in [0.29, 0.717) is 17.4 Å². The molecular formula is C78H148NO8+. The van der Waals surface area contributed by atoms with E-state index in [1.54, 1.807) is 0 Å². The fourth-order valence-electron chi connectivity index (χ4n) is 11.5. The van der Waals surface area contributed by atoms with Gasteiger partial charge in [-0.1, -0.05) is 339 Å². The number of rotatable bonds is 72. The number of nitrogens with zero attached hydrogens (tertiary/aromatic N) is 1. The lowest BCUT2D eigenvalue weighted by atomic mass is 10.0. The third-order valence-corrected chi connectivity index (χ3v) is 17.4. The minimum Gasteiger partial charge on any atom is -0.477 e. The molecule has 0 amide bonds. The summed E-state index contributed by atoms with van der Waals surface area (Å²) in [6.07, 6.45) is 85.8. The normalized spacial score (nSPS) is 12.8. The van der Waals surface area contributed by atoms with E-state index in [4.69, 9.17) is 18.9 Å². The van der Waals surface area contributed by atoms with E-state index in [2.05, 4.69) is 50.3 Å². The number of carboxylic acids is 1. The summed E-state index contributed by atoms with van der Waals surface area (Å²) in [5.74, 6) is -1.98. The topological polar surface area (TPSA) is 108 Å². The number of carboxylic acid groups (broad SMARTS) is 1. The maximum Gasteiger partial charge on any atom is 0.361 e. The molecule has 0 rings (SSSR count). The Hall–Kier alpha value is -2.49. The Morgan fingerprint density at radius 3 is 0.920 bits per heavy atom. The van der Waals surface area contributed by atoms with E-state index in [1.165, 1.54) is 315 Å². The zero-order valence-electron chi connectivity index (χ0n) is 58.7. The van der Waals surface area contributed by atoms with Gasteiger partial charge in [0.25, 0.3) is 6.29 Å². The van der Waals surface area contributed by atoms with Crippen molar-refractivity contribution in [1.29, 1.82) is 0 Å². The number of carbonyl (C=O) groups is 3. The van der Waals surface area contributed by atoms with Crippen molar-refractivity contribution in [1.82, 2.24) is 0 Å². The number of ether oxygens (including phenoxy) is 4. The Bertz CT molecular complexity index is 1520. The summed E-state index contributed by atoms with van der Waals surface area (Å²) in [6, 6.07) is 0. The summed E-state index contributed by atoms with van der Waals surface area (Å²) in [5.41, 5.74) is 0. The SMILES string of the molecule is CCCCCCC/C=C\C/C=C\CCCCCCCCCCCCCC(=O)OC(COC(=O)CCCCCCCCCCCCCCCCCCCCCCCCCCCCC/C=C\CCCCCCCCCC)COC(OCC[N+](C)(C)C)C(=O)O. The van der Waals surface area contributed by atoms with E-state index in [0.717, 1.165) is 44.9 Å². The fourth-order valence-corrected chi connectivity index (χ4v) is 11.5. The fraction of sp³-hybridized carbons (Fsp3) is 0.885. The second kappa shape index (κ2) is 69.4. The molecule has 0 bridgehead atoms. The number of quaternary nitrogens is 1. The van der Waals surface area contributed by atoms with Crippen molar-refractivity contribution in [3.8, 4) is 0 Å². The van der Waals surface area contributed by atoms with Gasteiger partial charge in [0.15, 0.2) is 6.10 Å². The zero-order valence-corrected chi connectivity index (χ0v) is 58.7. The lowest BCUT2D eigenvalue weighted by Crippen LogP contribution is -2.40. The second-order valence-electron chi connectivity index (χ2n) is 27.3. The first-order valence-corrected chi connectivity index (χ1v) is 38.2. The first kappa shape index (κ1) is 84.5. The van der Waals surface area contributed by atoms with Gasteiger partial charge in [0.2, 0.25) is 0 Å². The number of allylic oxidation sites excluding steroid dienone is 6. The molecule has 0 aliphatic heterocycles. The number of hydrogen-bond acceptors (Lipinski definition) is 7. The molecule has 0 saturated heterocycles. The van der Waals surface area contributed by atoms with Gasteiger partial charge < -0.3 is 28.5 Å². The summed E-state index contributed by atoms with van der Waals surface area (Å²) in [7, 11) is 5.99. The number of hydrogen-bond donors (Lipinski definition) is 1. The second-order valence-corrected chi connectivity index (χ2v) is 27.3. The van der Waals surface area contributed by atoms with Crippen LogP contribution in [0.15, 0.2) is 36.5 Å². The molecule has 0 saturated carbocycles. The Morgan fingerprint density at radius 1 is 0.345 bits per heavy atom. The third-order valence-electron chi connectivity index (χ3n) is 17.4. The minimum absolute atomic E-state index is 0.178. The van der Waals surface area contributed by atoms with Crippen molar-refractivity contribution in [3.05, 3.63) is 36.5 Å². The highest BCUT2D eigenvalue weighted by atomic mass is 16.7. The monoisotopic (exact) mass is 1230 g/mol. The van der Waals surface area contributed by atoms with Crippen LogP contribution in [0, 0.1) is 0 Å². The summed E-state index contributed by atoms with van der Waals surface area (Å²) < 4.78 is 23.0. The molecule has 0 aromatic heterocycles. The lowest BCUT2D eigenvalue weighted by Gasteiger charge is -2.25. The van der Waals surface area contributed by atoms with Crippen LogP contribution >= 0.6 is 0 Å². The molecular weight excluding hydrogens is 1080 g/mol. The smallest absolute Gasteiger partial charge is 0.361 e. The van der Waals surface area contributed by atoms with E-state index in [-0.39, 0.29) is 38.2 Å². The predicted octanol–water partition coefficient (Wildman–Crippen LogP) is 23.9. The predicted molar refractivity (Wildman–Crippen MR) is 374 cm³/mol. The Balaban J connectivity index is 3.95. The van der Waals surface area contributed by atoms with Gasteiger partial charge in [0, 0.05) is 12.8 Å². The molecule has 2 unspecified atom stereocenters. The van der Waals surface area contributed by atoms with Crippen molar-refractivity contribution in [2.45, 2.75) is 399 Å². The first-order chi connectivity index (χ1) is 42.6. The van der Waals surface area contributed by atoms with Gasteiger partial charge in [0.1, 0.15) is 13.2 Å². The molecule has 0 fully saturated rings. The third kappa shape index (κ3) is 70.8. The van der Waals surface area contributed by atoms with E-state index in [9.17, 15) is 19.5 Å². The molecule has 9 heteroatoms. The van der Waals surface area contributed by atoms with Crippen LogP contribution in [0.2, 0.25) is 0 Å². The number of esters is 2. The number of likely N-dealkylation sites (N-methyl/N-ethyl adjacent to an activating group) is 1. The Kier molecular flexibility index (Phi) is 67.4. The Labute approximate surface area is 540 Å². The molecule has 0 spiro atoms. The van der Waals surface area contributed by atoms with Crippen molar-refractivity contribution in [2.24, 2.45) is 0 Å². The lowest BCUT2D eigenvalue weighted by molar-refractivity contribution is -0.870. The Morgan fingerprint density at radius 2 is 0.621 bits per heavy atom. The molecule has 0 aliphatic carbocycles. The van der Waals surface area contributed by atoms with Gasteiger partial charge in [-0.2, -0.15) is 0 Å². The van der Waals surface area contributed by atoms with Crippen LogP contribution in [0.1, 0.15) is 386 Å². The van der Waals surface area contributed by atoms with Gasteiger partial charge in [0.05, 0.1) is 34.4 Å². The molecule has 0 aromatic rings. The van der Waals surface area contributed by atoms with Crippen molar-refractivity contribution in [3.63, 3.8) is 0 Å². The van der Waals surface area contributed by atoms with Crippen LogP contribution in [0.25, 0.3) is 0 Å². The summed E-state index contributed by atoms with van der Waals surface area (Å²) >= 11 is 0. The average molecular weight is 1230 g/mol. The molecule has 87 heavy (non-hydrogen) atoms. The van der Waals surface area contributed by atoms with Gasteiger partial charge >= 0.3 is 17.9 Å². The molecule has 9 nitrogen and oxygen atoms in total.